The van der Waals surface area contributed by atoms with Gasteiger partial charge in [-0.05, 0) is 38.5 Å². The Labute approximate surface area is 191 Å². The van der Waals surface area contributed by atoms with Gasteiger partial charge in [-0.1, -0.05) is 24.3 Å². The molecule has 0 saturated carbocycles. The number of nitrogens with one attached hydrogen (secondary N) is 1. The van der Waals surface area contributed by atoms with E-state index in [1.807, 2.05) is 48.7 Å². The average molecular weight is 462 g/mol. The van der Waals surface area contributed by atoms with Crippen molar-refractivity contribution in [2.45, 2.75) is 27.2 Å². The van der Waals surface area contributed by atoms with Gasteiger partial charge in [0.2, 0.25) is 0 Å². The highest BCUT2D eigenvalue weighted by atomic mass is 31.2. The summed E-state index contributed by atoms with van der Waals surface area (Å²) in [5.74, 6) is 0. The van der Waals surface area contributed by atoms with Crippen molar-refractivity contribution in [3.05, 3.63) is 81.2 Å². The van der Waals surface area contributed by atoms with Crippen LogP contribution in [0, 0.1) is 42.2 Å². The van der Waals surface area contributed by atoms with Crippen molar-refractivity contribution in [2.75, 3.05) is 11.6 Å². The van der Waals surface area contributed by atoms with Crippen molar-refractivity contribution < 1.29 is 9.49 Å². The monoisotopic (exact) mass is 462 g/mol. The summed E-state index contributed by atoms with van der Waals surface area (Å²) >= 11 is 0. The van der Waals surface area contributed by atoms with Gasteiger partial charge in [-0.25, -0.2) is 4.78 Å². The summed E-state index contributed by atoms with van der Waals surface area (Å²) in [6.07, 6.45) is 1.80. The Balaban J connectivity index is 1.92. The molecule has 33 heavy (non-hydrogen) atoms. The smallest absolute Gasteiger partial charge is 0.307 e. The number of para-hydroxylation sites is 1. The minimum atomic E-state index is -3.62. The maximum absolute atomic E-state index is 14.7. The molecule has 1 aliphatic rings. The van der Waals surface area contributed by atoms with Gasteiger partial charge in [0.1, 0.15) is 0 Å². The number of aromatic nitrogens is 1. The van der Waals surface area contributed by atoms with Crippen molar-refractivity contribution in [1.82, 2.24) is 9.35 Å². The fourth-order valence-corrected chi connectivity index (χ4v) is 6.82. The highest BCUT2D eigenvalue weighted by Gasteiger charge is 2.41. The van der Waals surface area contributed by atoms with Gasteiger partial charge in [-0.3, -0.25) is 14.7 Å². The number of nitriles is 1. The number of nitro groups is 1. The molecule has 4 rings (SSSR count). The lowest BCUT2D eigenvalue weighted by Gasteiger charge is -2.33. The molecular weight excluding hydrogens is 439 g/mol. The standard InChI is InChI=1S/C23H23N6O3P/c1-16-10-11-20(29(30)31)14-22(16)26-33(32)23-18(3)28(19-8-5-4-6-9-19)17(2)21(23)15-25-27(33)13-7-12-24/h4-6,8-11,14-15H,7,13H2,1-3H3,(H,26,32). The van der Waals surface area contributed by atoms with Gasteiger partial charge in [0.15, 0.2) is 0 Å². The van der Waals surface area contributed by atoms with Gasteiger partial charge < -0.3 is 9.65 Å². The van der Waals surface area contributed by atoms with E-state index >= 15 is 0 Å². The number of hydrazone groups is 1. The fourth-order valence-electron chi connectivity index (χ4n) is 4.13. The predicted molar refractivity (Wildman–Crippen MR) is 128 cm³/mol. The lowest BCUT2D eigenvalue weighted by Crippen LogP contribution is -2.33. The van der Waals surface area contributed by atoms with Crippen molar-refractivity contribution in [3.63, 3.8) is 0 Å². The molecule has 0 spiro atoms. The summed E-state index contributed by atoms with van der Waals surface area (Å²) in [6, 6.07) is 16.2. The highest BCUT2D eigenvalue weighted by molar-refractivity contribution is 7.71. The quantitative estimate of drug-likeness (QED) is 0.319. The van der Waals surface area contributed by atoms with Gasteiger partial charge >= 0.3 is 7.44 Å². The van der Waals surface area contributed by atoms with E-state index in [0.29, 0.717) is 16.6 Å². The van der Waals surface area contributed by atoms with E-state index in [4.69, 9.17) is 5.26 Å². The number of hydrogen-bond acceptors (Lipinski definition) is 5. The van der Waals surface area contributed by atoms with Crippen molar-refractivity contribution in [2.24, 2.45) is 5.10 Å². The third kappa shape index (κ3) is 3.79. The molecule has 0 fully saturated rings. The topological polar surface area (TPSA) is 117 Å². The Kier molecular flexibility index (Phi) is 5.79. The molecule has 0 amide bonds. The molecule has 1 N–H and O–H groups in total. The zero-order chi connectivity index (χ0) is 23.8. The first kappa shape index (κ1) is 22.3. The lowest BCUT2D eigenvalue weighted by molar-refractivity contribution is -0.384. The minimum Gasteiger partial charge on any atom is -0.317 e. The van der Waals surface area contributed by atoms with Gasteiger partial charge in [0.05, 0.1) is 41.2 Å². The van der Waals surface area contributed by atoms with Gasteiger partial charge in [0, 0.05) is 34.8 Å². The number of benzene rings is 2. The molecule has 10 heteroatoms. The van der Waals surface area contributed by atoms with E-state index in [1.165, 1.54) is 16.9 Å². The average Bonchev–Trinajstić information content (AvgIpc) is 3.06. The van der Waals surface area contributed by atoms with Crippen molar-refractivity contribution in [1.29, 1.82) is 5.26 Å². The van der Waals surface area contributed by atoms with Gasteiger partial charge in [0.25, 0.3) is 5.69 Å². The van der Waals surface area contributed by atoms with Crippen LogP contribution in [0.25, 0.3) is 5.69 Å². The zero-order valence-corrected chi connectivity index (χ0v) is 19.4. The number of non-ortho nitro benzene ring substituents is 1. The number of rotatable bonds is 6. The van der Waals surface area contributed by atoms with Crippen LogP contribution < -0.4 is 10.4 Å². The summed E-state index contributed by atoms with van der Waals surface area (Å²) < 4.78 is 18.2. The van der Waals surface area contributed by atoms with Crippen molar-refractivity contribution >= 4 is 30.3 Å². The molecule has 1 aromatic heterocycles. The highest BCUT2D eigenvalue weighted by Crippen LogP contribution is 2.53. The SMILES string of the molecule is Cc1ccc([N+](=O)[O-])cc1NP1(=O)c2c(c(C)n(-c3ccccc3)c2C)C=NN1CCC#N. The van der Waals surface area contributed by atoms with Gasteiger partial charge in [-0.15, -0.1) is 0 Å². The number of nitrogens with zero attached hydrogens (tertiary/aromatic N) is 5. The maximum Gasteiger partial charge on any atom is 0.307 e. The molecule has 168 valence electrons. The van der Waals surface area contributed by atoms with E-state index in [0.717, 1.165) is 22.6 Å². The summed E-state index contributed by atoms with van der Waals surface area (Å²) in [7, 11) is -3.62. The Bertz CT molecular complexity index is 1360. The van der Waals surface area contributed by atoms with E-state index < -0.39 is 12.4 Å². The van der Waals surface area contributed by atoms with Crippen LogP contribution in [-0.4, -0.2) is 27.0 Å². The first-order valence-corrected chi connectivity index (χ1v) is 12.0. The second-order valence-corrected chi connectivity index (χ2v) is 10.1. The number of aryl methyl sites for hydroxylation is 1. The van der Waals surface area contributed by atoms with Crippen LogP contribution in [-0.2, 0) is 4.57 Å². The van der Waals surface area contributed by atoms with Crippen LogP contribution >= 0.6 is 7.44 Å². The summed E-state index contributed by atoms with van der Waals surface area (Å²) in [6.45, 7) is 5.78. The molecule has 0 saturated heterocycles. The van der Waals surface area contributed by atoms with Gasteiger partial charge in [-0.2, -0.15) is 10.4 Å². The third-order valence-corrected chi connectivity index (χ3v) is 8.42. The Morgan fingerprint density at radius 2 is 1.88 bits per heavy atom. The molecule has 3 aromatic rings. The number of anilines is 1. The van der Waals surface area contributed by atoms with E-state index in [-0.39, 0.29) is 18.7 Å². The summed E-state index contributed by atoms with van der Waals surface area (Å²) in [5, 5.41) is 28.6. The van der Waals surface area contributed by atoms with Crippen LogP contribution in [0.2, 0.25) is 0 Å². The summed E-state index contributed by atoms with van der Waals surface area (Å²) in [4.78, 5) is 10.8. The number of nitro benzene ring substituents is 1. The van der Waals surface area contributed by atoms with E-state index in [2.05, 4.69) is 16.3 Å². The van der Waals surface area contributed by atoms with Crippen LogP contribution in [0.5, 0.6) is 0 Å². The first-order chi connectivity index (χ1) is 15.8. The third-order valence-electron chi connectivity index (χ3n) is 5.75. The predicted octanol–water partition coefficient (Wildman–Crippen LogP) is 4.80. The molecular formula is C23H23N6O3P. The van der Waals surface area contributed by atoms with Crippen LogP contribution in [0.3, 0.4) is 0 Å². The Hall–Kier alpha value is -3.89. The molecule has 0 aliphatic carbocycles. The molecule has 9 nitrogen and oxygen atoms in total. The zero-order valence-electron chi connectivity index (χ0n) is 18.5. The lowest BCUT2D eigenvalue weighted by atomic mass is 10.2. The Morgan fingerprint density at radius 3 is 2.55 bits per heavy atom. The second kappa shape index (κ2) is 8.57. The minimum absolute atomic E-state index is 0.103. The normalized spacial score (nSPS) is 16.8. The molecule has 1 aliphatic heterocycles. The first-order valence-electron chi connectivity index (χ1n) is 10.4. The number of hydrogen-bond donors (Lipinski definition) is 1. The van der Waals surface area contributed by atoms with E-state index in [1.54, 1.807) is 19.2 Å². The molecule has 0 radical (unpaired) electrons. The second-order valence-electron chi connectivity index (χ2n) is 7.80. The van der Waals surface area contributed by atoms with E-state index in [9.17, 15) is 14.7 Å². The summed E-state index contributed by atoms with van der Waals surface area (Å²) in [5.41, 5.74) is 4.33. The van der Waals surface area contributed by atoms with Crippen LogP contribution in [0.15, 0.2) is 53.6 Å². The number of fused-ring (bicyclic) bond motifs is 1. The molecule has 2 aromatic carbocycles. The van der Waals surface area contributed by atoms with Crippen LogP contribution in [0.4, 0.5) is 11.4 Å². The Morgan fingerprint density at radius 1 is 1.15 bits per heavy atom. The maximum atomic E-state index is 14.7. The van der Waals surface area contributed by atoms with Crippen LogP contribution in [0.1, 0.15) is 28.9 Å². The molecule has 0 bridgehead atoms. The fraction of sp³-hybridized carbons (Fsp3) is 0.217. The molecule has 2 heterocycles. The molecule has 1 unspecified atom stereocenters. The largest absolute Gasteiger partial charge is 0.317 e. The molecule has 1 atom stereocenters. The van der Waals surface area contributed by atoms with Crippen molar-refractivity contribution in [3.8, 4) is 11.8 Å².